The third-order valence-electron chi connectivity index (χ3n) is 10.8. The van der Waals surface area contributed by atoms with Crippen LogP contribution in [-0.2, 0) is 28.6 Å². The second-order valence-electron chi connectivity index (χ2n) is 16.7. The number of carbonyl (C=O) groups is 3. The van der Waals surface area contributed by atoms with Gasteiger partial charge in [0.05, 0.1) is 0 Å². The Hall–Kier alpha value is -2.63. The van der Waals surface area contributed by atoms with E-state index in [-0.39, 0.29) is 31.1 Å². The van der Waals surface area contributed by atoms with Gasteiger partial charge in [-0.2, -0.15) is 0 Å². The fourth-order valence-corrected chi connectivity index (χ4v) is 7.04. The molecule has 0 aromatic rings. The van der Waals surface area contributed by atoms with E-state index in [4.69, 9.17) is 14.2 Å². The highest BCUT2D eigenvalue weighted by Gasteiger charge is 2.19. The molecule has 0 bridgehead atoms. The van der Waals surface area contributed by atoms with Gasteiger partial charge in [0.15, 0.2) is 6.10 Å². The second kappa shape index (κ2) is 48.0. The zero-order valence-corrected chi connectivity index (χ0v) is 39.0. The van der Waals surface area contributed by atoms with Crippen LogP contribution in [0.5, 0.6) is 0 Å². The highest BCUT2D eigenvalue weighted by Crippen LogP contribution is 2.15. The van der Waals surface area contributed by atoms with Gasteiger partial charge in [-0.1, -0.05) is 204 Å². The Morgan fingerprint density at radius 3 is 1.05 bits per heavy atom. The first-order valence-electron chi connectivity index (χ1n) is 25.1. The van der Waals surface area contributed by atoms with Crippen LogP contribution in [0.2, 0.25) is 0 Å². The van der Waals surface area contributed by atoms with Gasteiger partial charge in [0.2, 0.25) is 0 Å². The van der Waals surface area contributed by atoms with Crippen molar-refractivity contribution in [2.45, 2.75) is 258 Å². The number of rotatable bonds is 45. The van der Waals surface area contributed by atoms with Gasteiger partial charge in [-0.05, 0) is 77.0 Å². The summed E-state index contributed by atoms with van der Waals surface area (Å²) in [5, 5.41) is 0. The van der Waals surface area contributed by atoms with E-state index < -0.39 is 6.10 Å². The predicted octanol–water partition coefficient (Wildman–Crippen LogP) is 16.3. The molecule has 0 rings (SSSR count). The molecule has 6 nitrogen and oxygen atoms in total. The SMILES string of the molecule is CC/C=C\C/C=C\CCCCCCCCCC(=O)OC(COC(=O)CCCCCCCCC/C=C\C/C=C\CCCCC)COC(=O)CCCCCCCCCCCC. The fourth-order valence-electron chi connectivity index (χ4n) is 7.04. The number of carbonyl (C=O) groups excluding carboxylic acids is 3. The first kappa shape index (κ1) is 56.4. The minimum atomic E-state index is -0.776. The highest BCUT2D eigenvalue weighted by atomic mass is 16.6. The number of esters is 3. The molecule has 0 aromatic carbocycles. The van der Waals surface area contributed by atoms with E-state index in [1.165, 1.54) is 122 Å². The monoisotopic (exact) mass is 827 g/mol. The maximum absolute atomic E-state index is 12.8. The average Bonchev–Trinajstić information content (AvgIpc) is 3.23. The van der Waals surface area contributed by atoms with Gasteiger partial charge in [-0.25, -0.2) is 0 Å². The van der Waals surface area contributed by atoms with E-state index in [2.05, 4.69) is 69.4 Å². The molecule has 0 amide bonds. The zero-order chi connectivity index (χ0) is 43.0. The van der Waals surface area contributed by atoms with Crippen molar-refractivity contribution in [3.05, 3.63) is 48.6 Å². The summed E-state index contributed by atoms with van der Waals surface area (Å²) in [4.78, 5) is 37.9. The molecule has 0 saturated heterocycles. The number of ether oxygens (including phenoxy) is 3. The van der Waals surface area contributed by atoms with Crippen molar-refractivity contribution in [1.29, 1.82) is 0 Å². The van der Waals surface area contributed by atoms with Gasteiger partial charge in [0.25, 0.3) is 0 Å². The summed E-state index contributed by atoms with van der Waals surface area (Å²) >= 11 is 0. The van der Waals surface area contributed by atoms with E-state index in [0.717, 1.165) is 89.9 Å². The molecule has 0 fully saturated rings. The van der Waals surface area contributed by atoms with Gasteiger partial charge in [-0.15, -0.1) is 0 Å². The van der Waals surface area contributed by atoms with Crippen molar-refractivity contribution in [2.75, 3.05) is 13.2 Å². The normalized spacial score (nSPS) is 12.4. The third-order valence-corrected chi connectivity index (χ3v) is 10.8. The lowest BCUT2D eigenvalue weighted by Crippen LogP contribution is -2.30. The zero-order valence-electron chi connectivity index (χ0n) is 39.0. The van der Waals surface area contributed by atoms with Crippen LogP contribution in [0.15, 0.2) is 48.6 Å². The topological polar surface area (TPSA) is 78.9 Å². The molecular weight excluding hydrogens is 733 g/mol. The van der Waals surface area contributed by atoms with E-state index in [1.807, 2.05) is 0 Å². The summed E-state index contributed by atoms with van der Waals surface area (Å²) < 4.78 is 16.8. The molecule has 0 aliphatic heterocycles. The summed E-state index contributed by atoms with van der Waals surface area (Å²) in [6, 6.07) is 0. The van der Waals surface area contributed by atoms with Gasteiger partial charge in [-0.3, -0.25) is 14.4 Å². The van der Waals surface area contributed by atoms with E-state index in [0.29, 0.717) is 19.3 Å². The lowest BCUT2D eigenvalue weighted by Gasteiger charge is -2.18. The number of hydrogen-bond donors (Lipinski definition) is 0. The van der Waals surface area contributed by atoms with Crippen molar-refractivity contribution in [3.63, 3.8) is 0 Å². The minimum Gasteiger partial charge on any atom is -0.462 e. The molecule has 0 heterocycles. The van der Waals surface area contributed by atoms with Gasteiger partial charge >= 0.3 is 17.9 Å². The highest BCUT2D eigenvalue weighted by molar-refractivity contribution is 5.71. The molecule has 59 heavy (non-hydrogen) atoms. The van der Waals surface area contributed by atoms with E-state index >= 15 is 0 Å². The molecule has 6 heteroatoms. The molecule has 0 N–H and O–H groups in total. The lowest BCUT2D eigenvalue weighted by atomic mass is 10.1. The smallest absolute Gasteiger partial charge is 0.306 e. The quantitative estimate of drug-likeness (QED) is 0.0263. The van der Waals surface area contributed by atoms with Crippen LogP contribution in [-0.4, -0.2) is 37.2 Å². The van der Waals surface area contributed by atoms with Crippen molar-refractivity contribution < 1.29 is 28.6 Å². The molecular formula is C53H94O6. The Morgan fingerprint density at radius 1 is 0.356 bits per heavy atom. The van der Waals surface area contributed by atoms with Crippen LogP contribution in [0.1, 0.15) is 252 Å². The molecule has 1 atom stereocenters. The standard InChI is InChI=1S/C53H94O6/c1-4-7-10-13-16-19-22-24-26-27-28-30-31-34-37-40-43-46-52(55)58-49-50(48-57-51(54)45-42-39-36-33-21-18-15-12-9-6-3)59-53(56)47-44-41-38-35-32-29-25-23-20-17-14-11-8-5-2/h8,11,16-17,19-20,24,26,50H,4-7,9-10,12-15,18,21-23,25,27-49H2,1-3H3/b11-8-,19-16-,20-17-,26-24-. The first-order valence-corrected chi connectivity index (χ1v) is 25.1. The summed E-state index contributed by atoms with van der Waals surface area (Å²) in [7, 11) is 0. The fraction of sp³-hybridized carbons (Fsp3) is 0.792. The maximum Gasteiger partial charge on any atom is 0.306 e. The summed E-state index contributed by atoms with van der Waals surface area (Å²) in [6.45, 7) is 6.49. The predicted molar refractivity (Wildman–Crippen MR) is 252 cm³/mol. The molecule has 0 aliphatic carbocycles. The molecule has 0 spiro atoms. The van der Waals surface area contributed by atoms with Crippen molar-refractivity contribution >= 4 is 17.9 Å². The van der Waals surface area contributed by atoms with Crippen LogP contribution in [0.3, 0.4) is 0 Å². The molecule has 0 radical (unpaired) electrons. The largest absolute Gasteiger partial charge is 0.462 e. The van der Waals surface area contributed by atoms with Crippen LogP contribution in [0.25, 0.3) is 0 Å². The summed E-state index contributed by atoms with van der Waals surface area (Å²) in [5.41, 5.74) is 0. The average molecular weight is 827 g/mol. The van der Waals surface area contributed by atoms with Crippen molar-refractivity contribution in [1.82, 2.24) is 0 Å². The van der Waals surface area contributed by atoms with Crippen LogP contribution in [0.4, 0.5) is 0 Å². The van der Waals surface area contributed by atoms with Crippen LogP contribution < -0.4 is 0 Å². The third kappa shape index (κ3) is 46.3. The Morgan fingerprint density at radius 2 is 0.661 bits per heavy atom. The Labute approximate surface area is 365 Å². The molecule has 0 aromatic heterocycles. The minimum absolute atomic E-state index is 0.0772. The van der Waals surface area contributed by atoms with Crippen LogP contribution >= 0.6 is 0 Å². The lowest BCUT2D eigenvalue weighted by molar-refractivity contribution is -0.167. The maximum atomic E-state index is 12.8. The summed E-state index contributed by atoms with van der Waals surface area (Å²) in [5.74, 6) is -0.890. The van der Waals surface area contributed by atoms with Crippen molar-refractivity contribution in [2.24, 2.45) is 0 Å². The van der Waals surface area contributed by atoms with E-state index in [9.17, 15) is 14.4 Å². The molecule has 0 aliphatic rings. The summed E-state index contributed by atoms with van der Waals surface area (Å²) in [6.07, 6.45) is 56.6. The number of allylic oxidation sites excluding steroid dienone is 8. The second-order valence-corrected chi connectivity index (χ2v) is 16.7. The number of hydrogen-bond acceptors (Lipinski definition) is 6. The Kier molecular flexibility index (Phi) is 45.9. The van der Waals surface area contributed by atoms with Gasteiger partial charge in [0, 0.05) is 19.3 Å². The number of unbranched alkanes of at least 4 members (excludes halogenated alkanes) is 26. The molecule has 1 unspecified atom stereocenters. The van der Waals surface area contributed by atoms with Gasteiger partial charge < -0.3 is 14.2 Å². The van der Waals surface area contributed by atoms with Gasteiger partial charge in [0.1, 0.15) is 13.2 Å². The van der Waals surface area contributed by atoms with Crippen LogP contribution in [0, 0.1) is 0 Å². The van der Waals surface area contributed by atoms with E-state index in [1.54, 1.807) is 0 Å². The molecule has 342 valence electrons. The Bertz CT molecular complexity index is 1040. The Balaban J connectivity index is 4.35. The van der Waals surface area contributed by atoms with Crippen molar-refractivity contribution in [3.8, 4) is 0 Å². The molecule has 0 saturated carbocycles. The first-order chi connectivity index (χ1) is 29.0.